The van der Waals surface area contributed by atoms with Crippen molar-refractivity contribution in [3.63, 3.8) is 0 Å². The van der Waals surface area contributed by atoms with Crippen LogP contribution in [-0.4, -0.2) is 24.0 Å². The minimum atomic E-state index is -0.0321. The summed E-state index contributed by atoms with van der Waals surface area (Å²) in [6.45, 7) is 3.68. The second-order valence-corrected chi connectivity index (χ2v) is 4.01. The minimum absolute atomic E-state index is 0.0321. The smallest absolute Gasteiger partial charge is 0.265 e. The number of rotatable bonds is 2. The van der Waals surface area contributed by atoms with E-state index < -0.39 is 0 Å². The van der Waals surface area contributed by atoms with Crippen molar-refractivity contribution in [2.24, 2.45) is 0 Å². The van der Waals surface area contributed by atoms with Crippen LogP contribution in [0.3, 0.4) is 0 Å². The third-order valence-corrected chi connectivity index (χ3v) is 2.63. The maximum Gasteiger partial charge on any atom is 0.265 e. The molecule has 1 heterocycles. The first-order valence-electron chi connectivity index (χ1n) is 5.53. The summed E-state index contributed by atoms with van der Waals surface area (Å²) >= 11 is 0. The molecule has 16 heavy (non-hydrogen) atoms. The summed E-state index contributed by atoms with van der Waals surface area (Å²) in [7, 11) is 0. The molecular formula is C13H16N2O. The van der Waals surface area contributed by atoms with Gasteiger partial charge in [-0.05, 0) is 25.5 Å². The molecule has 1 aliphatic heterocycles. The summed E-state index contributed by atoms with van der Waals surface area (Å²) in [6.07, 6.45) is 5.20. The van der Waals surface area contributed by atoms with Crippen LogP contribution in [0.2, 0.25) is 0 Å². The highest BCUT2D eigenvalue weighted by Gasteiger charge is 2.10. The summed E-state index contributed by atoms with van der Waals surface area (Å²) in [4.78, 5) is 11.8. The van der Waals surface area contributed by atoms with E-state index in [2.05, 4.69) is 17.6 Å². The molecule has 0 saturated heterocycles. The Kier molecular flexibility index (Phi) is 3.37. The maximum atomic E-state index is 11.8. The van der Waals surface area contributed by atoms with Gasteiger partial charge in [-0.15, -0.1) is 0 Å². The Bertz CT molecular complexity index is 395. The molecule has 1 amide bonds. The molecule has 0 radical (unpaired) electrons. The first kappa shape index (κ1) is 10.9. The van der Waals surface area contributed by atoms with Gasteiger partial charge in [-0.2, -0.15) is 0 Å². The summed E-state index contributed by atoms with van der Waals surface area (Å²) < 4.78 is 0. The fourth-order valence-electron chi connectivity index (χ4n) is 1.66. The zero-order valence-electron chi connectivity index (χ0n) is 9.44. The fraction of sp³-hybridized carbons (Fsp3) is 0.308. The molecule has 0 saturated carbocycles. The number of hydrazine groups is 1. The van der Waals surface area contributed by atoms with Gasteiger partial charge in [0.05, 0.1) is 0 Å². The van der Waals surface area contributed by atoms with Gasteiger partial charge in [-0.3, -0.25) is 10.2 Å². The van der Waals surface area contributed by atoms with E-state index in [0.29, 0.717) is 5.56 Å². The Morgan fingerprint density at radius 2 is 2.00 bits per heavy atom. The van der Waals surface area contributed by atoms with Gasteiger partial charge in [0, 0.05) is 18.7 Å². The van der Waals surface area contributed by atoms with Crippen molar-refractivity contribution in [1.82, 2.24) is 10.4 Å². The second kappa shape index (κ2) is 4.94. The summed E-state index contributed by atoms with van der Waals surface area (Å²) in [5, 5.41) is 1.93. The van der Waals surface area contributed by atoms with Gasteiger partial charge >= 0.3 is 0 Å². The van der Waals surface area contributed by atoms with E-state index in [9.17, 15) is 4.79 Å². The van der Waals surface area contributed by atoms with Crippen molar-refractivity contribution in [1.29, 1.82) is 0 Å². The lowest BCUT2D eigenvalue weighted by Gasteiger charge is -2.23. The van der Waals surface area contributed by atoms with Crippen molar-refractivity contribution >= 4 is 5.91 Å². The Morgan fingerprint density at radius 3 is 2.62 bits per heavy atom. The van der Waals surface area contributed by atoms with Crippen LogP contribution in [0.15, 0.2) is 36.4 Å². The number of benzene rings is 1. The monoisotopic (exact) mass is 216 g/mol. The van der Waals surface area contributed by atoms with Crippen LogP contribution >= 0.6 is 0 Å². The number of amides is 1. The molecule has 1 aromatic carbocycles. The molecule has 0 spiro atoms. The Hall–Kier alpha value is -1.61. The zero-order valence-corrected chi connectivity index (χ0v) is 9.44. The molecule has 0 unspecified atom stereocenters. The Balaban J connectivity index is 1.97. The van der Waals surface area contributed by atoms with Crippen LogP contribution in [-0.2, 0) is 0 Å². The molecule has 1 aromatic rings. The van der Waals surface area contributed by atoms with E-state index in [4.69, 9.17) is 0 Å². The van der Waals surface area contributed by atoms with E-state index in [1.54, 1.807) is 0 Å². The zero-order chi connectivity index (χ0) is 11.4. The molecule has 0 fully saturated rings. The number of nitrogens with one attached hydrogen (secondary N) is 1. The third kappa shape index (κ3) is 2.70. The lowest BCUT2D eigenvalue weighted by Crippen LogP contribution is -2.43. The molecule has 84 valence electrons. The molecule has 1 aliphatic rings. The van der Waals surface area contributed by atoms with Gasteiger partial charge in [-0.1, -0.05) is 29.8 Å². The molecule has 1 N–H and O–H groups in total. The molecule has 2 rings (SSSR count). The standard InChI is InChI=1S/C13H16N2O/c1-11-5-7-12(8-6-11)13(16)14-15-9-3-2-4-10-15/h2-3,5-8H,4,9-10H2,1H3,(H,14,16). The largest absolute Gasteiger partial charge is 0.284 e. The number of nitrogens with zero attached hydrogens (tertiary/aromatic N) is 1. The number of carbonyl (C=O) groups is 1. The second-order valence-electron chi connectivity index (χ2n) is 4.01. The normalized spacial score (nSPS) is 16.1. The van der Waals surface area contributed by atoms with E-state index in [-0.39, 0.29) is 5.91 Å². The SMILES string of the molecule is Cc1ccc(C(=O)NN2CC=CCC2)cc1. The molecule has 0 atom stereocenters. The van der Waals surface area contributed by atoms with Gasteiger partial charge in [0.15, 0.2) is 0 Å². The number of carbonyl (C=O) groups excluding carboxylic acids is 1. The number of hydrogen-bond acceptors (Lipinski definition) is 2. The van der Waals surface area contributed by atoms with Gasteiger partial charge in [-0.25, -0.2) is 5.01 Å². The van der Waals surface area contributed by atoms with Crippen LogP contribution in [0, 0.1) is 6.92 Å². The van der Waals surface area contributed by atoms with Crippen LogP contribution in [0.25, 0.3) is 0 Å². The highest BCUT2D eigenvalue weighted by atomic mass is 16.2. The van der Waals surface area contributed by atoms with E-state index in [0.717, 1.165) is 25.1 Å². The van der Waals surface area contributed by atoms with E-state index in [1.807, 2.05) is 36.2 Å². The average Bonchev–Trinajstić information content (AvgIpc) is 2.31. The van der Waals surface area contributed by atoms with Crippen molar-refractivity contribution in [2.75, 3.05) is 13.1 Å². The van der Waals surface area contributed by atoms with E-state index in [1.165, 1.54) is 0 Å². The molecule has 0 bridgehead atoms. The predicted octanol–water partition coefficient (Wildman–Crippen LogP) is 1.90. The summed E-state index contributed by atoms with van der Waals surface area (Å²) in [5.41, 5.74) is 4.77. The lowest BCUT2D eigenvalue weighted by molar-refractivity contribution is 0.0804. The van der Waals surface area contributed by atoms with Gasteiger partial charge < -0.3 is 0 Å². The topological polar surface area (TPSA) is 32.3 Å². The van der Waals surface area contributed by atoms with Crippen LogP contribution in [0.5, 0.6) is 0 Å². The Labute approximate surface area is 95.7 Å². The molecule has 3 nitrogen and oxygen atoms in total. The first-order valence-corrected chi connectivity index (χ1v) is 5.53. The number of aryl methyl sites for hydroxylation is 1. The number of hydrogen-bond donors (Lipinski definition) is 1. The molecule has 0 aromatic heterocycles. The Morgan fingerprint density at radius 1 is 1.25 bits per heavy atom. The van der Waals surface area contributed by atoms with Crippen LogP contribution in [0.1, 0.15) is 22.3 Å². The van der Waals surface area contributed by atoms with Crippen molar-refractivity contribution in [2.45, 2.75) is 13.3 Å². The van der Waals surface area contributed by atoms with Crippen molar-refractivity contribution in [3.05, 3.63) is 47.5 Å². The highest BCUT2D eigenvalue weighted by Crippen LogP contribution is 2.04. The minimum Gasteiger partial charge on any atom is -0.284 e. The van der Waals surface area contributed by atoms with Gasteiger partial charge in [0.25, 0.3) is 5.91 Å². The fourth-order valence-corrected chi connectivity index (χ4v) is 1.66. The average molecular weight is 216 g/mol. The van der Waals surface area contributed by atoms with Crippen LogP contribution < -0.4 is 5.43 Å². The van der Waals surface area contributed by atoms with Gasteiger partial charge in [0.1, 0.15) is 0 Å². The molecular weight excluding hydrogens is 200 g/mol. The van der Waals surface area contributed by atoms with Gasteiger partial charge in [0.2, 0.25) is 0 Å². The van der Waals surface area contributed by atoms with Crippen molar-refractivity contribution < 1.29 is 4.79 Å². The summed E-state index contributed by atoms with van der Waals surface area (Å²) in [6, 6.07) is 7.60. The lowest BCUT2D eigenvalue weighted by atomic mass is 10.1. The maximum absolute atomic E-state index is 11.8. The molecule has 0 aliphatic carbocycles. The summed E-state index contributed by atoms with van der Waals surface area (Å²) in [5.74, 6) is -0.0321. The van der Waals surface area contributed by atoms with Crippen molar-refractivity contribution in [3.8, 4) is 0 Å². The predicted molar refractivity (Wildman–Crippen MR) is 64.0 cm³/mol. The van der Waals surface area contributed by atoms with E-state index >= 15 is 0 Å². The molecule has 3 heteroatoms. The van der Waals surface area contributed by atoms with Crippen LogP contribution in [0.4, 0.5) is 0 Å². The quantitative estimate of drug-likeness (QED) is 0.766. The first-order chi connectivity index (χ1) is 7.75. The third-order valence-electron chi connectivity index (χ3n) is 2.63. The highest BCUT2D eigenvalue weighted by molar-refractivity contribution is 5.93.